The van der Waals surface area contributed by atoms with Gasteiger partial charge in [-0.05, 0) is 58.9 Å². The SMILES string of the molecule is Cc1cc(Cl)cc(C(=O)NCCS(C)=NC#N)c1NC(=O)c1cc(Br)nn1-c1ncccc1Cl. The number of amides is 2. The molecule has 0 saturated carbocycles. The van der Waals surface area contributed by atoms with Gasteiger partial charge in [0.05, 0.1) is 16.3 Å². The summed E-state index contributed by atoms with van der Waals surface area (Å²) in [5.74, 6) is -0.151. The maximum atomic E-state index is 13.2. The molecule has 2 N–H and O–H groups in total. The second kappa shape index (κ2) is 11.6. The summed E-state index contributed by atoms with van der Waals surface area (Å²) in [7, 11) is -0.489. The molecule has 0 saturated heterocycles. The van der Waals surface area contributed by atoms with Crippen molar-refractivity contribution in [1.29, 1.82) is 5.26 Å². The van der Waals surface area contributed by atoms with Crippen molar-refractivity contribution in [2.75, 3.05) is 23.9 Å². The number of hydrogen-bond acceptors (Lipinski definition) is 6. The Morgan fingerprint density at radius 2 is 2.06 bits per heavy atom. The summed E-state index contributed by atoms with van der Waals surface area (Å²) in [6, 6.07) is 7.95. The first-order valence-electron chi connectivity index (χ1n) is 9.70. The lowest BCUT2D eigenvalue weighted by Gasteiger charge is -2.15. The van der Waals surface area contributed by atoms with Crippen molar-refractivity contribution in [3.63, 3.8) is 0 Å². The molecule has 34 heavy (non-hydrogen) atoms. The predicted octanol–water partition coefficient (Wildman–Crippen LogP) is 4.54. The zero-order valence-electron chi connectivity index (χ0n) is 18.0. The van der Waals surface area contributed by atoms with Crippen molar-refractivity contribution in [3.8, 4) is 12.0 Å². The van der Waals surface area contributed by atoms with E-state index in [1.54, 1.807) is 37.6 Å². The molecule has 176 valence electrons. The minimum Gasteiger partial charge on any atom is -0.351 e. The molecule has 0 aliphatic carbocycles. The number of nitrogens with one attached hydrogen (secondary N) is 2. The molecule has 2 heterocycles. The molecule has 1 atom stereocenters. The van der Waals surface area contributed by atoms with Crippen LogP contribution in [0.1, 0.15) is 26.4 Å². The minimum absolute atomic E-state index is 0.154. The number of hydrogen-bond donors (Lipinski definition) is 2. The second-order valence-electron chi connectivity index (χ2n) is 6.92. The normalized spacial score (nSPS) is 11.6. The first-order valence-corrected chi connectivity index (χ1v) is 13.0. The number of carbonyl (C=O) groups excluding carboxylic acids is 2. The Balaban J connectivity index is 1.90. The Bertz CT molecular complexity index is 1340. The molecule has 3 aromatic rings. The Hall–Kier alpha value is -2.78. The van der Waals surface area contributed by atoms with Gasteiger partial charge in [0.25, 0.3) is 11.8 Å². The number of aryl methyl sites for hydroxylation is 1. The maximum absolute atomic E-state index is 13.2. The van der Waals surface area contributed by atoms with Gasteiger partial charge in [0.1, 0.15) is 10.3 Å². The fourth-order valence-corrected chi connectivity index (χ4v) is 4.48. The minimum atomic E-state index is -0.526. The van der Waals surface area contributed by atoms with Crippen LogP contribution in [-0.4, -0.2) is 45.1 Å². The van der Waals surface area contributed by atoms with Gasteiger partial charge in [-0.15, -0.1) is 0 Å². The number of anilines is 1. The van der Waals surface area contributed by atoms with Crippen molar-refractivity contribution in [3.05, 3.63) is 68.0 Å². The fourth-order valence-electron chi connectivity index (χ4n) is 3.00. The highest BCUT2D eigenvalue weighted by Crippen LogP contribution is 2.27. The first kappa shape index (κ1) is 25.8. The van der Waals surface area contributed by atoms with E-state index < -0.39 is 22.5 Å². The number of aromatic nitrogens is 3. The number of carbonyl (C=O) groups is 2. The Morgan fingerprint density at radius 3 is 2.76 bits per heavy atom. The van der Waals surface area contributed by atoms with Gasteiger partial charge < -0.3 is 10.6 Å². The predicted molar refractivity (Wildman–Crippen MR) is 137 cm³/mol. The summed E-state index contributed by atoms with van der Waals surface area (Å²) < 4.78 is 5.45. The number of nitriles is 1. The monoisotopic (exact) mass is 581 g/mol. The Labute approximate surface area is 216 Å². The zero-order chi connectivity index (χ0) is 24.8. The molecule has 0 radical (unpaired) electrons. The van der Waals surface area contributed by atoms with Crippen LogP contribution in [0.25, 0.3) is 5.82 Å². The lowest BCUT2D eigenvalue weighted by Crippen LogP contribution is -2.29. The Morgan fingerprint density at radius 1 is 1.29 bits per heavy atom. The van der Waals surface area contributed by atoms with Crippen molar-refractivity contribution in [2.45, 2.75) is 6.92 Å². The van der Waals surface area contributed by atoms with Gasteiger partial charge in [-0.25, -0.2) is 9.67 Å². The number of halogens is 3. The maximum Gasteiger partial charge on any atom is 0.274 e. The van der Waals surface area contributed by atoms with E-state index in [0.29, 0.717) is 38.2 Å². The van der Waals surface area contributed by atoms with Crippen LogP contribution in [0.3, 0.4) is 0 Å². The van der Waals surface area contributed by atoms with E-state index in [1.165, 1.54) is 23.0 Å². The lowest BCUT2D eigenvalue weighted by molar-refractivity contribution is 0.0957. The van der Waals surface area contributed by atoms with Crippen molar-refractivity contribution in [1.82, 2.24) is 20.1 Å². The summed E-state index contributed by atoms with van der Waals surface area (Å²) in [5, 5.41) is 19.1. The van der Waals surface area contributed by atoms with Gasteiger partial charge in [0, 0.05) is 29.6 Å². The third kappa shape index (κ3) is 6.21. The summed E-state index contributed by atoms with van der Waals surface area (Å²) in [6.45, 7) is 2.04. The first-order chi connectivity index (χ1) is 16.2. The van der Waals surface area contributed by atoms with Gasteiger partial charge in [-0.2, -0.15) is 14.7 Å². The van der Waals surface area contributed by atoms with Crippen molar-refractivity contribution in [2.24, 2.45) is 4.36 Å². The summed E-state index contributed by atoms with van der Waals surface area (Å²) >= 11 is 15.7. The van der Waals surface area contributed by atoms with E-state index in [4.69, 9.17) is 28.5 Å². The van der Waals surface area contributed by atoms with E-state index in [2.05, 4.69) is 41.0 Å². The summed E-state index contributed by atoms with van der Waals surface area (Å²) in [6.07, 6.45) is 5.10. The van der Waals surface area contributed by atoms with Crippen LogP contribution in [0.15, 0.2) is 45.5 Å². The highest BCUT2D eigenvalue weighted by atomic mass is 79.9. The highest BCUT2D eigenvalue weighted by Gasteiger charge is 2.22. The number of benzene rings is 1. The lowest BCUT2D eigenvalue weighted by atomic mass is 10.1. The number of pyridine rings is 1. The molecule has 9 nitrogen and oxygen atoms in total. The Kier molecular flexibility index (Phi) is 8.79. The topological polar surface area (TPSA) is 125 Å². The molecule has 0 bridgehead atoms. The van der Waals surface area contributed by atoms with Crippen LogP contribution in [0.4, 0.5) is 5.69 Å². The number of nitrogens with zero attached hydrogens (tertiary/aromatic N) is 5. The van der Waals surface area contributed by atoms with Crippen LogP contribution < -0.4 is 10.6 Å². The summed E-state index contributed by atoms with van der Waals surface area (Å²) in [4.78, 5) is 30.4. The fraction of sp³-hybridized carbons (Fsp3) is 0.190. The standard InChI is InChI=1S/C21H18BrCl2N7O2S/c1-12-8-13(23)9-14(20(32)27-6-7-34(2)28-11-25)18(12)29-21(33)16-10-17(22)30-31(16)19-15(24)4-3-5-26-19/h3-5,8-10H,6-7H2,1-2H3,(H,27,32)(H,29,33). The van der Waals surface area contributed by atoms with Crippen LogP contribution in [0.2, 0.25) is 10.0 Å². The molecule has 2 aromatic heterocycles. The molecule has 0 aliphatic heterocycles. The highest BCUT2D eigenvalue weighted by molar-refractivity contribution is 9.10. The van der Waals surface area contributed by atoms with E-state index in [1.807, 2.05) is 0 Å². The average molecular weight is 583 g/mol. The molecular weight excluding hydrogens is 565 g/mol. The third-order valence-corrected chi connectivity index (χ3v) is 6.60. The van der Waals surface area contributed by atoms with Gasteiger partial charge in [-0.3, -0.25) is 9.59 Å². The largest absolute Gasteiger partial charge is 0.351 e. The van der Waals surface area contributed by atoms with Gasteiger partial charge in [0.2, 0.25) is 6.19 Å². The average Bonchev–Trinajstić information content (AvgIpc) is 3.17. The second-order valence-corrected chi connectivity index (χ2v) is 10.4. The molecule has 13 heteroatoms. The van der Waals surface area contributed by atoms with Crippen molar-refractivity contribution < 1.29 is 9.59 Å². The van der Waals surface area contributed by atoms with Gasteiger partial charge in [0.15, 0.2) is 5.82 Å². The molecule has 2 amide bonds. The third-order valence-electron chi connectivity index (χ3n) is 4.52. The molecule has 1 aromatic carbocycles. The number of rotatable bonds is 7. The van der Waals surface area contributed by atoms with Crippen LogP contribution in [0.5, 0.6) is 0 Å². The molecule has 1 unspecified atom stereocenters. The van der Waals surface area contributed by atoms with Gasteiger partial charge in [-0.1, -0.05) is 33.9 Å². The zero-order valence-corrected chi connectivity index (χ0v) is 21.9. The van der Waals surface area contributed by atoms with Crippen LogP contribution >= 0.6 is 39.1 Å². The van der Waals surface area contributed by atoms with E-state index >= 15 is 0 Å². The molecular formula is C21H18BrCl2N7O2S. The quantitative estimate of drug-likeness (QED) is 0.396. The van der Waals surface area contributed by atoms with Crippen molar-refractivity contribution >= 4 is 67.3 Å². The molecule has 0 spiro atoms. The smallest absolute Gasteiger partial charge is 0.274 e. The molecule has 0 aliphatic rings. The molecule has 0 fully saturated rings. The van der Waals surface area contributed by atoms with E-state index in [9.17, 15) is 9.59 Å². The summed E-state index contributed by atoms with van der Waals surface area (Å²) in [5.41, 5.74) is 1.26. The molecule has 3 rings (SSSR count). The van der Waals surface area contributed by atoms with Gasteiger partial charge >= 0.3 is 0 Å². The van der Waals surface area contributed by atoms with Crippen LogP contribution in [0, 0.1) is 18.4 Å². The van der Waals surface area contributed by atoms with Crippen LogP contribution in [-0.2, 0) is 10.7 Å². The van der Waals surface area contributed by atoms with E-state index in [-0.39, 0.29) is 17.1 Å². The van der Waals surface area contributed by atoms with E-state index in [0.717, 1.165) is 0 Å².